The Morgan fingerprint density at radius 1 is 0.885 bits per heavy atom. The van der Waals surface area contributed by atoms with E-state index in [4.69, 9.17) is 0 Å². The lowest BCUT2D eigenvalue weighted by molar-refractivity contribution is 0.0747. The molecule has 2 aromatic carbocycles. The molecule has 2 amide bonds. The molecule has 8 heteroatoms. The molecule has 0 spiro atoms. The van der Waals surface area contributed by atoms with Gasteiger partial charge in [0.05, 0.1) is 0 Å². The van der Waals surface area contributed by atoms with Crippen LogP contribution in [0.2, 0.25) is 0 Å². The number of nitrogens with one attached hydrogen (secondary N) is 1. The van der Waals surface area contributed by atoms with Gasteiger partial charge in [0.1, 0.15) is 34.4 Å². The van der Waals surface area contributed by atoms with E-state index in [9.17, 15) is 27.2 Å². The van der Waals surface area contributed by atoms with Gasteiger partial charge < -0.3 is 10.2 Å². The number of rotatable bonds is 6. The van der Waals surface area contributed by atoms with Crippen molar-refractivity contribution in [1.82, 2.24) is 10.2 Å². The Labute approximate surface area is 147 Å². The summed E-state index contributed by atoms with van der Waals surface area (Å²) in [5.74, 6) is -5.88. The molecule has 0 aromatic heterocycles. The van der Waals surface area contributed by atoms with Gasteiger partial charge in [0, 0.05) is 19.6 Å². The molecule has 0 atom stereocenters. The fraction of sp³-hybridized carbons (Fsp3) is 0.222. The monoisotopic (exact) mass is 368 g/mol. The maximum atomic E-state index is 13.7. The van der Waals surface area contributed by atoms with Gasteiger partial charge in [-0.05, 0) is 31.2 Å². The molecule has 0 aliphatic heterocycles. The maximum Gasteiger partial charge on any atom is 0.259 e. The second-order valence-electron chi connectivity index (χ2n) is 5.33. The number of carbonyl (C=O) groups is 2. The van der Waals surface area contributed by atoms with Crippen molar-refractivity contribution >= 4 is 11.8 Å². The highest BCUT2D eigenvalue weighted by atomic mass is 19.1. The molecule has 0 saturated heterocycles. The van der Waals surface area contributed by atoms with E-state index in [2.05, 4.69) is 5.32 Å². The highest BCUT2D eigenvalue weighted by molar-refractivity contribution is 5.95. The van der Waals surface area contributed by atoms with Crippen molar-refractivity contribution in [2.75, 3.05) is 19.6 Å². The first-order valence-electron chi connectivity index (χ1n) is 7.82. The van der Waals surface area contributed by atoms with Gasteiger partial charge in [0.2, 0.25) is 0 Å². The third-order valence-corrected chi connectivity index (χ3v) is 3.70. The van der Waals surface area contributed by atoms with Gasteiger partial charge in [-0.1, -0.05) is 12.1 Å². The molecular weight excluding hydrogens is 352 g/mol. The van der Waals surface area contributed by atoms with Crippen molar-refractivity contribution in [2.24, 2.45) is 0 Å². The SMILES string of the molecule is CCN(CCNC(=O)c1c(F)cccc1F)C(=O)c1c(F)cccc1F. The first kappa shape index (κ1) is 19.4. The summed E-state index contributed by atoms with van der Waals surface area (Å²) < 4.78 is 54.5. The average Bonchev–Trinajstić information content (AvgIpc) is 2.58. The predicted molar refractivity (Wildman–Crippen MR) is 86.6 cm³/mol. The topological polar surface area (TPSA) is 49.4 Å². The first-order valence-corrected chi connectivity index (χ1v) is 7.82. The second-order valence-corrected chi connectivity index (χ2v) is 5.33. The van der Waals surface area contributed by atoms with E-state index in [1.54, 1.807) is 6.92 Å². The van der Waals surface area contributed by atoms with Gasteiger partial charge in [0.15, 0.2) is 0 Å². The van der Waals surface area contributed by atoms with Crippen LogP contribution in [0.5, 0.6) is 0 Å². The first-order chi connectivity index (χ1) is 12.4. The maximum absolute atomic E-state index is 13.7. The quantitative estimate of drug-likeness (QED) is 0.797. The number of carbonyl (C=O) groups excluding carboxylic acids is 2. The van der Waals surface area contributed by atoms with Crippen LogP contribution in [0.3, 0.4) is 0 Å². The molecule has 0 radical (unpaired) electrons. The Bertz CT molecular complexity index is 786. The van der Waals surface area contributed by atoms with E-state index >= 15 is 0 Å². The molecule has 2 aromatic rings. The lowest BCUT2D eigenvalue weighted by Crippen LogP contribution is -2.39. The molecule has 0 aliphatic rings. The van der Waals surface area contributed by atoms with E-state index in [1.807, 2.05) is 0 Å². The predicted octanol–water partition coefficient (Wildman–Crippen LogP) is 3.14. The standard InChI is InChI=1S/C18H16F4N2O2/c1-2-24(18(26)16-13(21)7-4-8-14(16)22)10-9-23-17(25)15-11(19)5-3-6-12(15)20/h3-8H,2,9-10H2,1H3,(H,23,25). The number of nitrogens with zero attached hydrogens (tertiary/aromatic N) is 1. The van der Waals surface area contributed by atoms with Crippen LogP contribution in [0.25, 0.3) is 0 Å². The Kier molecular flexibility index (Phi) is 6.32. The number of amides is 2. The number of benzene rings is 2. The van der Waals surface area contributed by atoms with Crippen molar-refractivity contribution in [3.8, 4) is 0 Å². The smallest absolute Gasteiger partial charge is 0.259 e. The van der Waals surface area contributed by atoms with Gasteiger partial charge in [0.25, 0.3) is 11.8 Å². The summed E-state index contributed by atoms with van der Waals surface area (Å²) in [5, 5.41) is 2.28. The van der Waals surface area contributed by atoms with Gasteiger partial charge in [-0.25, -0.2) is 17.6 Å². The molecular formula is C18H16F4N2O2. The van der Waals surface area contributed by atoms with E-state index in [-0.39, 0.29) is 19.6 Å². The Morgan fingerprint density at radius 3 is 1.81 bits per heavy atom. The summed E-state index contributed by atoms with van der Waals surface area (Å²) in [6.45, 7) is 1.47. The minimum Gasteiger partial charge on any atom is -0.350 e. The molecule has 0 aliphatic carbocycles. The van der Waals surface area contributed by atoms with Crippen LogP contribution in [0.15, 0.2) is 36.4 Å². The Balaban J connectivity index is 2.03. The Morgan fingerprint density at radius 2 is 1.35 bits per heavy atom. The summed E-state index contributed by atoms with van der Waals surface area (Å²) in [6.07, 6.45) is 0. The number of likely N-dealkylation sites (N-methyl/N-ethyl adjacent to an activating group) is 1. The fourth-order valence-corrected chi connectivity index (χ4v) is 2.37. The average molecular weight is 368 g/mol. The molecule has 1 N–H and O–H groups in total. The molecule has 2 rings (SSSR count). The van der Waals surface area contributed by atoms with E-state index in [0.29, 0.717) is 0 Å². The minimum absolute atomic E-state index is 0.0923. The molecule has 0 fully saturated rings. The molecule has 26 heavy (non-hydrogen) atoms. The van der Waals surface area contributed by atoms with E-state index in [0.717, 1.165) is 41.3 Å². The van der Waals surface area contributed by atoms with Crippen LogP contribution in [-0.4, -0.2) is 36.3 Å². The zero-order valence-electron chi connectivity index (χ0n) is 13.9. The number of hydrogen-bond acceptors (Lipinski definition) is 2. The lowest BCUT2D eigenvalue weighted by atomic mass is 10.1. The summed E-state index contributed by atoms with van der Waals surface area (Å²) in [5.41, 5.74) is -1.43. The van der Waals surface area contributed by atoms with Crippen LogP contribution in [0, 0.1) is 23.3 Å². The third kappa shape index (κ3) is 4.19. The zero-order valence-corrected chi connectivity index (χ0v) is 13.9. The Hall–Kier alpha value is -2.90. The van der Waals surface area contributed by atoms with E-state index in [1.165, 1.54) is 0 Å². The van der Waals surface area contributed by atoms with Crippen molar-refractivity contribution < 1.29 is 27.2 Å². The van der Waals surface area contributed by atoms with Crippen LogP contribution < -0.4 is 5.32 Å². The minimum atomic E-state index is -1.01. The van der Waals surface area contributed by atoms with E-state index < -0.39 is 46.2 Å². The lowest BCUT2D eigenvalue weighted by Gasteiger charge is -2.21. The molecule has 0 unspecified atom stereocenters. The number of halogens is 4. The fourth-order valence-electron chi connectivity index (χ4n) is 2.37. The normalized spacial score (nSPS) is 10.5. The highest BCUT2D eigenvalue weighted by Gasteiger charge is 2.22. The second kappa shape index (κ2) is 8.46. The van der Waals surface area contributed by atoms with Gasteiger partial charge in [-0.3, -0.25) is 9.59 Å². The molecule has 138 valence electrons. The summed E-state index contributed by atoms with van der Waals surface area (Å²) in [6, 6.07) is 6.09. The van der Waals surface area contributed by atoms with Gasteiger partial charge in [-0.2, -0.15) is 0 Å². The summed E-state index contributed by atoms with van der Waals surface area (Å²) >= 11 is 0. The van der Waals surface area contributed by atoms with Crippen LogP contribution >= 0.6 is 0 Å². The zero-order chi connectivity index (χ0) is 19.3. The van der Waals surface area contributed by atoms with Crippen molar-refractivity contribution in [1.29, 1.82) is 0 Å². The largest absolute Gasteiger partial charge is 0.350 e. The molecule has 4 nitrogen and oxygen atoms in total. The highest BCUT2D eigenvalue weighted by Crippen LogP contribution is 2.15. The van der Waals surface area contributed by atoms with Crippen molar-refractivity contribution in [2.45, 2.75) is 6.92 Å². The van der Waals surface area contributed by atoms with Crippen LogP contribution in [0.4, 0.5) is 17.6 Å². The molecule has 0 bridgehead atoms. The number of hydrogen-bond donors (Lipinski definition) is 1. The third-order valence-electron chi connectivity index (χ3n) is 3.70. The molecule has 0 saturated carbocycles. The van der Waals surface area contributed by atoms with Crippen LogP contribution in [0.1, 0.15) is 27.6 Å². The summed E-state index contributed by atoms with van der Waals surface area (Å²) in [4.78, 5) is 25.3. The summed E-state index contributed by atoms with van der Waals surface area (Å²) in [7, 11) is 0. The van der Waals surface area contributed by atoms with Gasteiger partial charge in [-0.15, -0.1) is 0 Å². The van der Waals surface area contributed by atoms with Crippen molar-refractivity contribution in [3.05, 3.63) is 70.8 Å². The van der Waals surface area contributed by atoms with Crippen molar-refractivity contribution in [3.63, 3.8) is 0 Å². The molecule has 0 heterocycles. The van der Waals surface area contributed by atoms with Gasteiger partial charge >= 0.3 is 0 Å². The van der Waals surface area contributed by atoms with Crippen LogP contribution in [-0.2, 0) is 0 Å².